The molecule has 1 aliphatic rings. The lowest BCUT2D eigenvalue weighted by Gasteiger charge is -2.24. The first-order valence-corrected chi connectivity index (χ1v) is 9.12. The highest BCUT2D eigenvalue weighted by Crippen LogP contribution is 2.36. The third-order valence-electron chi connectivity index (χ3n) is 4.29. The molecule has 0 radical (unpaired) electrons. The van der Waals surface area contributed by atoms with Crippen LogP contribution < -0.4 is 5.01 Å². The van der Waals surface area contributed by atoms with Crippen LogP contribution in [0.25, 0.3) is 0 Å². The minimum Gasteiger partial charge on any atom is -0.257 e. The Morgan fingerprint density at radius 2 is 1.42 bits per heavy atom. The lowest BCUT2D eigenvalue weighted by molar-refractivity contribution is 0.709. The summed E-state index contributed by atoms with van der Waals surface area (Å²) in [6, 6.07) is 29.9. The number of para-hydroxylation sites is 1. The van der Waals surface area contributed by atoms with Gasteiger partial charge in [-0.15, -0.1) is 0 Å². The van der Waals surface area contributed by atoms with E-state index in [1.165, 1.54) is 14.7 Å². The summed E-state index contributed by atoms with van der Waals surface area (Å²) < 4.78 is 1.25. The third kappa shape index (κ3) is 3.08. The SMILES string of the molecule is Ic1ccc([C@@H]2CC(c3ccccc3)=NN2c2ccccc2)cc1. The molecule has 2 nitrogen and oxygen atoms in total. The van der Waals surface area contributed by atoms with Crippen LogP contribution in [0.2, 0.25) is 0 Å². The molecule has 0 spiro atoms. The fraction of sp³-hybridized carbons (Fsp3) is 0.0952. The van der Waals surface area contributed by atoms with Gasteiger partial charge in [-0.2, -0.15) is 5.10 Å². The van der Waals surface area contributed by atoms with E-state index in [9.17, 15) is 0 Å². The minimum atomic E-state index is 0.236. The Balaban J connectivity index is 1.74. The van der Waals surface area contributed by atoms with Crippen LogP contribution in [-0.2, 0) is 0 Å². The molecular formula is C21H17IN2. The van der Waals surface area contributed by atoms with Crippen LogP contribution >= 0.6 is 22.6 Å². The molecule has 3 aromatic carbocycles. The summed E-state index contributed by atoms with van der Waals surface area (Å²) >= 11 is 2.35. The molecule has 0 amide bonds. The van der Waals surface area contributed by atoms with E-state index in [4.69, 9.17) is 5.10 Å². The van der Waals surface area contributed by atoms with E-state index in [1.54, 1.807) is 0 Å². The zero-order valence-corrected chi connectivity index (χ0v) is 15.3. The number of hydrazone groups is 1. The lowest BCUT2D eigenvalue weighted by Crippen LogP contribution is -2.18. The van der Waals surface area contributed by atoms with E-state index < -0.39 is 0 Å². The van der Waals surface area contributed by atoms with Gasteiger partial charge >= 0.3 is 0 Å². The topological polar surface area (TPSA) is 15.6 Å². The number of benzene rings is 3. The monoisotopic (exact) mass is 424 g/mol. The highest BCUT2D eigenvalue weighted by molar-refractivity contribution is 14.1. The zero-order valence-electron chi connectivity index (χ0n) is 13.1. The van der Waals surface area contributed by atoms with Gasteiger partial charge in [0.25, 0.3) is 0 Å². The first kappa shape index (κ1) is 15.4. The molecule has 3 aromatic rings. The van der Waals surface area contributed by atoms with E-state index in [0.717, 1.165) is 17.8 Å². The highest BCUT2D eigenvalue weighted by atomic mass is 127. The summed E-state index contributed by atoms with van der Waals surface area (Å²) in [5.41, 5.74) is 4.77. The summed E-state index contributed by atoms with van der Waals surface area (Å²) in [6.07, 6.45) is 0.916. The van der Waals surface area contributed by atoms with E-state index >= 15 is 0 Å². The molecule has 0 bridgehead atoms. The Labute approximate surface area is 156 Å². The van der Waals surface area contributed by atoms with Crippen molar-refractivity contribution in [1.29, 1.82) is 0 Å². The fourth-order valence-electron chi connectivity index (χ4n) is 3.08. The van der Waals surface area contributed by atoms with Gasteiger partial charge in [-0.25, -0.2) is 0 Å². The van der Waals surface area contributed by atoms with Crippen molar-refractivity contribution in [2.75, 3.05) is 5.01 Å². The van der Waals surface area contributed by atoms with Crippen LogP contribution in [0.1, 0.15) is 23.6 Å². The average Bonchev–Trinajstić information content (AvgIpc) is 3.09. The molecule has 0 saturated heterocycles. The molecule has 4 rings (SSSR count). The lowest BCUT2D eigenvalue weighted by atomic mass is 9.98. The van der Waals surface area contributed by atoms with Crippen molar-refractivity contribution < 1.29 is 0 Å². The molecular weight excluding hydrogens is 407 g/mol. The maximum Gasteiger partial charge on any atom is 0.0831 e. The molecule has 118 valence electrons. The third-order valence-corrected chi connectivity index (χ3v) is 5.01. The molecule has 0 aliphatic carbocycles. The Morgan fingerprint density at radius 1 is 0.792 bits per heavy atom. The van der Waals surface area contributed by atoms with Crippen LogP contribution in [0.15, 0.2) is 90.0 Å². The summed E-state index contributed by atoms with van der Waals surface area (Å²) in [7, 11) is 0. The first-order valence-electron chi connectivity index (χ1n) is 8.04. The van der Waals surface area contributed by atoms with Gasteiger partial charge in [0, 0.05) is 9.99 Å². The van der Waals surface area contributed by atoms with Gasteiger partial charge < -0.3 is 0 Å². The highest BCUT2D eigenvalue weighted by Gasteiger charge is 2.29. The summed E-state index contributed by atoms with van der Waals surface area (Å²) in [6.45, 7) is 0. The normalized spacial score (nSPS) is 17.0. The summed E-state index contributed by atoms with van der Waals surface area (Å²) in [5.74, 6) is 0. The Bertz CT molecular complexity index is 842. The van der Waals surface area contributed by atoms with Crippen molar-refractivity contribution in [3.8, 4) is 0 Å². The first-order chi connectivity index (χ1) is 11.8. The van der Waals surface area contributed by atoms with Gasteiger partial charge in [-0.1, -0.05) is 60.7 Å². The van der Waals surface area contributed by atoms with Gasteiger partial charge in [0.05, 0.1) is 17.4 Å². The quantitative estimate of drug-likeness (QED) is 0.497. The molecule has 24 heavy (non-hydrogen) atoms. The predicted octanol–water partition coefficient (Wildman–Crippen LogP) is 5.65. The second kappa shape index (κ2) is 6.77. The van der Waals surface area contributed by atoms with Crippen molar-refractivity contribution in [3.05, 3.63) is 99.6 Å². The molecule has 0 fully saturated rings. The van der Waals surface area contributed by atoms with Crippen LogP contribution in [0, 0.1) is 3.57 Å². The summed E-state index contributed by atoms with van der Waals surface area (Å²) in [4.78, 5) is 0. The fourth-order valence-corrected chi connectivity index (χ4v) is 3.44. The number of hydrogen-bond acceptors (Lipinski definition) is 2. The standard InChI is InChI=1S/C21H17IN2/c22-18-13-11-17(12-14-18)21-15-20(16-7-3-1-4-8-16)23-24(21)19-9-5-2-6-10-19/h1-14,21H,15H2/t21-/m0/s1. The predicted molar refractivity (Wildman–Crippen MR) is 108 cm³/mol. The Hall–Kier alpha value is -2.14. The van der Waals surface area contributed by atoms with Crippen molar-refractivity contribution in [3.63, 3.8) is 0 Å². The van der Waals surface area contributed by atoms with Gasteiger partial charge in [-0.05, 0) is 58.0 Å². The maximum atomic E-state index is 4.96. The molecule has 1 atom stereocenters. The van der Waals surface area contributed by atoms with Crippen molar-refractivity contribution in [2.45, 2.75) is 12.5 Å². The van der Waals surface area contributed by atoms with E-state index in [0.29, 0.717) is 0 Å². The van der Waals surface area contributed by atoms with E-state index in [1.807, 2.05) is 12.1 Å². The van der Waals surface area contributed by atoms with Crippen molar-refractivity contribution in [2.24, 2.45) is 5.10 Å². The number of anilines is 1. The zero-order chi connectivity index (χ0) is 16.4. The van der Waals surface area contributed by atoms with Crippen LogP contribution in [0.3, 0.4) is 0 Å². The maximum absolute atomic E-state index is 4.96. The number of rotatable bonds is 3. The minimum absolute atomic E-state index is 0.236. The largest absolute Gasteiger partial charge is 0.257 e. The number of nitrogens with zero attached hydrogens (tertiary/aromatic N) is 2. The Morgan fingerprint density at radius 3 is 2.08 bits per heavy atom. The Kier molecular flexibility index (Phi) is 4.34. The average molecular weight is 424 g/mol. The molecule has 3 heteroatoms. The number of hydrogen-bond donors (Lipinski definition) is 0. The second-order valence-corrected chi connectivity index (χ2v) is 7.11. The van der Waals surface area contributed by atoms with Crippen LogP contribution in [-0.4, -0.2) is 5.71 Å². The van der Waals surface area contributed by atoms with Crippen LogP contribution in [0.4, 0.5) is 5.69 Å². The van der Waals surface area contributed by atoms with E-state index in [-0.39, 0.29) is 6.04 Å². The van der Waals surface area contributed by atoms with E-state index in [2.05, 4.69) is 100 Å². The van der Waals surface area contributed by atoms with Gasteiger partial charge in [0.2, 0.25) is 0 Å². The molecule has 0 unspecified atom stereocenters. The van der Waals surface area contributed by atoms with Gasteiger partial charge in [0.1, 0.15) is 0 Å². The van der Waals surface area contributed by atoms with Gasteiger partial charge in [0.15, 0.2) is 0 Å². The molecule has 1 heterocycles. The van der Waals surface area contributed by atoms with Crippen molar-refractivity contribution in [1.82, 2.24) is 0 Å². The smallest absolute Gasteiger partial charge is 0.0831 e. The molecule has 0 N–H and O–H groups in total. The number of halogens is 1. The second-order valence-electron chi connectivity index (χ2n) is 5.86. The van der Waals surface area contributed by atoms with Crippen LogP contribution in [0.5, 0.6) is 0 Å². The summed E-state index contributed by atoms with van der Waals surface area (Å²) in [5, 5.41) is 7.11. The van der Waals surface area contributed by atoms with Gasteiger partial charge in [-0.3, -0.25) is 5.01 Å². The molecule has 0 aromatic heterocycles. The molecule has 0 saturated carbocycles. The molecule has 1 aliphatic heterocycles. The van der Waals surface area contributed by atoms with Crippen molar-refractivity contribution >= 4 is 34.0 Å².